The van der Waals surface area contributed by atoms with Crippen LogP contribution >= 0.6 is 0 Å². The van der Waals surface area contributed by atoms with E-state index in [-0.39, 0.29) is 17.6 Å². The van der Waals surface area contributed by atoms with Crippen LogP contribution < -0.4 is 9.47 Å². The summed E-state index contributed by atoms with van der Waals surface area (Å²) in [5.41, 5.74) is 2.15. The van der Waals surface area contributed by atoms with E-state index in [1.165, 1.54) is 0 Å². The largest absolute Gasteiger partial charge is 0.497 e. The number of ketones is 1. The first-order valence-corrected chi connectivity index (χ1v) is 11.0. The second-order valence-electron chi connectivity index (χ2n) is 7.99. The van der Waals surface area contributed by atoms with Gasteiger partial charge in [0.1, 0.15) is 17.6 Å². The average molecular weight is 413 g/mol. The van der Waals surface area contributed by atoms with Gasteiger partial charge in [-0.3, -0.25) is 4.79 Å². The molecule has 0 amide bonds. The molecule has 0 saturated carbocycles. The zero-order valence-electron chi connectivity index (χ0n) is 18.8. The Labute approximate surface area is 181 Å². The number of ether oxygens (including phenoxy) is 2. The van der Waals surface area contributed by atoms with E-state index in [1.54, 1.807) is 14.2 Å². The van der Waals surface area contributed by atoms with Gasteiger partial charge < -0.3 is 14.6 Å². The van der Waals surface area contributed by atoms with Crippen molar-refractivity contribution in [1.29, 1.82) is 0 Å². The summed E-state index contributed by atoms with van der Waals surface area (Å²) < 4.78 is 10.6. The van der Waals surface area contributed by atoms with Crippen LogP contribution in [0.5, 0.6) is 11.5 Å². The highest BCUT2D eigenvalue weighted by molar-refractivity contribution is 5.85. The van der Waals surface area contributed by atoms with Crippen molar-refractivity contribution >= 4 is 5.78 Å². The molecule has 0 spiro atoms. The summed E-state index contributed by atoms with van der Waals surface area (Å²) >= 11 is 0. The fourth-order valence-electron chi connectivity index (χ4n) is 4.10. The van der Waals surface area contributed by atoms with Crippen molar-refractivity contribution in [3.05, 3.63) is 59.7 Å². The van der Waals surface area contributed by atoms with Crippen molar-refractivity contribution in [2.45, 2.75) is 58.5 Å². The minimum Gasteiger partial charge on any atom is -0.497 e. The quantitative estimate of drug-likeness (QED) is 0.488. The molecule has 0 aliphatic rings. The van der Waals surface area contributed by atoms with Crippen LogP contribution in [0.1, 0.15) is 50.7 Å². The van der Waals surface area contributed by atoms with Crippen LogP contribution in [0.15, 0.2) is 48.5 Å². The number of hydrogen-bond donors (Lipinski definition) is 1. The molecule has 3 unspecified atom stereocenters. The van der Waals surface area contributed by atoms with Gasteiger partial charge in [-0.25, -0.2) is 0 Å². The topological polar surface area (TPSA) is 55.8 Å². The number of methoxy groups -OCH3 is 2. The van der Waals surface area contributed by atoms with Crippen LogP contribution in [0.3, 0.4) is 0 Å². The molecule has 0 aliphatic heterocycles. The summed E-state index contributed by atoms with van der Waals surface area (Å²) in [6, 6.07) is 15.7. The van der Waals surface area contributed by atoms with Gasteiger partial charge in [0.15, 0.2) is 5.78 Å². The molecule has 0 fully saturated rings. The molecule has 164 valence electrons. The summed E-state index contributed by atoms with van der Waals surface area (Å²) in [5.74, 6) is 1.25. The standard InChI is InChI=1S/C26H36O4/c1-5-9-21(15-19-11-7-13-23(17-19)29-3)25(27)26(28)22(10-6-2)16-20-12-8-14-24(18-20)30-4/h7-8,11-14,17-18,21-22,25,27H,5-6,9-10,15-16H2,1-4H3. The summed E-state index contributed by atoms with van der Waals surface area (Å²) in [7, 11) is 3.29. The van der Waals surface area contributed by atoms with Crippen LogP contribution in [-0.2, 0) is 17.6 Å². The number of hydrogen-bond acceptors (Lipinski definition) is 4. The lowest BCUT2D eigenvalue weighted by Crippen LogP contribution is -2.36. The van der Waals surface area contributed by atoms with E-state index in [4.69, 9.17) is 9.47 Å². The third kappa shape index (κ3) is 6.88. The van der Waals surface area contributed by atoms with Crippen LogP contribution in [0.2, 0.25) is 0 Å². The van der Waals surface area contributed by atoms with E-state index in [1.807, 2.05) is 48.5 Å². The average Bonchev–Trinajstić information content (AvgIpc) is 2.77. The van der Waals surface area contributed by atoms with Gasteiger partial charge in [-0.2, -0.15) is 0 Å². The molecule has 0 heterocycles. The van der Waals surface area contributed by atoms with E-state index < -0.39 is 6.10 Å². The zero-order valence-corrected chi connectivity index (χ0v) is 18.8. The molecule has 30 heavy (non-hydrogen) atoms. The van der Waals surface area contributed by atoms with Gasteiger partial charge in [0, 0.05) is 5.92 Å². The Morgan fingerprint density at radius 1 is 0.867 bits per heavy atom. The van der Waals surface area contributed by atoms with Crippen LogP contribution in [0.25, 0.3) is 0 Å². The van der Waals surface area contributed by atoms with Crippen molar-refractivity contribution in [2.24, 2.45) is 11.8 Å². The van der Waals surface area contributed by atoms with E-state index in [0.717, 1.165) is 48.3 Å². The normalized spacial score (nSPS) is 14.0. The second-order valence-corrected chi connectivity index (χ2v) is 7.99. The van der Waals surface area contributed by atoms with Gasteiger partial charge in [-0.15, -0.1) is 0 Å². The highest BCUT2D eigenvalue weighted by Crippen LogP contribution is 2.26. The van der Waals surface area contributed by atoms with E-state index in [0.29, 0.717) is 12.8 Å². The SMILES string of the molecule is CCCC(Cc1cccc(OC)c1)C(=O)C(O)C(CCC)Cc1cccc(OC)c1. The minimum atomic E-state index is -0.960. The van der Waals surface area contributed by atoms with E-state index >= 15 is 0 Å². The number of aliphatic hydroxyl groups excluding tert-OH is 1. The van der Waals surface area contributed by atoms with Crippen molar-refractivity contribution in [2.75, 3.05) is 14.2 Å². The Bertz CT molecular complexity index is 786. The summed E-state index contributed by atoms with van der Waals surface area (Å²) in [6.07, 6.45) is 3.73. The molecule has 2 aromatic carbocycles. The van der Waals surface area contributed by atoms with Gasteiger partial charge in [-0.05, 0) is 67.0 Å². The zero-order chi connectivity index (χ0) is 21.9. The molecule has 2 rings (SSSR count). The summed E-state index contributed by atoms with van der Waals surface area (Å²) in [5, 5.41) is 11.1. The second kappa shape index (κ2) is 12.4. The van der Waals surface area contributed by atoms with E-state index in [9.17, 15) is 9.90 Å². The molecular weight excluding hydrogens is 376 g/mol. The number of Topliss-reactive ketones (excluding diaryl/α,β-unsaturated/α-hetero) is 1. The highest BCUT2D eigenvalue weighted by atomic mass is 16.5. The Hall–Kier alpha value is -2.33. The Morgan fingerprint density at radius 2 is 1.40 bits per heavy atom. The van der Waals surface area contributed by atoms with Crippen LogP contribution in [0, 0.1) is 11.8 Å². The lowest BCUT2D eigenvalue weighted by Gasteiger charge is -2.26. The summed E-state index contributed by atoms with van der Waals surface area (Å²) in [6.45, 7) is 4.17. The maximum absolute atomic E-state index is 13.3. The Morgan fingerprint density at radius 3 is 1.90 bits per heavy atom. The molecule has 0 saturated heterocycles. The van der Waals surface area contributed by atoms with Gasteiger partial charge in [0.25, 0.3) is 0 Å². The number of benzene rings is 2. The van der Waals surface area contributed by atoms with Gasteiger partial charge in [0.2, 0.25) is 0 Å². The predicted molar refractivity (Wildman–Crippen MR) is 121 cm³/mol. The third-order valence-electron chi connectivity index (χ3n) is 5.69. The highest BCUT2D eigenvalue weighted by Gasteiger charge is 2.31. The maximum atomic E-state index is 13.3. The van der Waals surface area contributed by atoms with Crippen molar-refractivity contribution < 1.29 is 19.4 Å². The maximum Gasteiger partial charge on any atom is 0.164 e. The molecule has 4 nitrogen and oxygen atoms in total. The van der Waals surface area contributed by atoms with Gasteiger partial charge in [-0.1, -0.05) is 51.0 Å². The fourth-order valence-corrected chi connectivity index (χ4v) is 4.10. The Kier molecular flexibility index (Phi) is 9.88. The van der Waals surface area contributed by atoms with Crippen molar-refractivity contribution in [1.82, 2.24) is 0 Å². The lowest BCUT2D eigenvalue weighted by atomic mass is 9.81. The molecule has 2 aromatic rings. The summed E-state index contributed by atoms with van der Waals surface area (Å²) in [4.78, 5) is 13.3. The molecule has 1 N–H and O–H groups in total. The molecule has 3 atom stereocenters. The molecule has 0 aromatic heterocycles. The smallest absolute Gasteiger partial charge is 0.164 e. The van der Waals surface area contributed by atoms with Gasteiger partial charge in [0.05, 0.1) is 14.2 Å². The van der Waals surface area contributed by atoms with Crippen LogP contribution in [0.4, 0.5) is 0 Å². The van der Waals surface area contributed by atoms with Gasteiger partial charge >= 0.3 is 0 Å². The first-order chi connectivity index (χ1) is 14.5. The number of carbonyl (C=O) groups is 1. The molecule has 0 aliphatic carbocycles. The van der Waals surface area contributed by atoms with Crippen LogP contribution in [-0.4, -0.2) is 31.2 Å². The minimum absolute atomic E-state index is 0.0407. The van der Waals surface area contributed by atoms with Crippen molar-refractivity contribution in [3.8, 4) is 11.5 Å². The predicted octanol–water partition coefficient (Wildman–Crippen LogP) is 5.25. The number of aliphatic hydroxyl groups is 1. The first-order valence-electron chi connectivity index (χ1n) is 11.0. The molecular formula is C26H36O4. The lowest BCUT2D eigenvalue weighted by molar-refractivity contribution is -0.134. The molecule has 0 bridgehead atoms. The molecule has 4 heteroatoms. The molecule has 0 radical (unpaired) electrons. The van der Waals surface area contributed by atoms with Crippen molar-refractivity contribution in [3.63, 3.8) is 0 Å². The third-order valence-corrected chi connectivity index (χ3v) is 5.69. The number of carbonyl (C=O) groups excluding carboxylic acids is 1. The monoisotopic (exact) mass is 412 g/mol. The first kappa shape index (κ1) is 23.9. The fraction of sp³-hybridized carbons (Fsp3) is 0.500. The number of rotatable bonds is 13. The Balaban J connectivity index is 2.16. The van der Waals surface area contributed by atoms with E-state index in [2.05, 4.69) is 13.8 Å².